The maximum atomic E-state index is 11.1. The van der Waals surface area contributed by atoms with Crippen LogP contribution in [-0.4, -0.2) is 15.2 Å². The number of phenols is 2. The van der Waals surface area contributed by atoms with E-state index in [0.29, 0.717) is 5.56 Å². The lowest BCUT2D eigenvalue weighted by molar-refractivity contribution is 0.428. The van der Waals surface area contributed by atoms with Crippen LogP contribution in [0.2, 0.25) is 0 Å². The van der Waals surface area contributed by atoms with Crippen molar-refractivity contribution in [1.82, 2.24) is 4.98 Å². The molecule has 1 heterocycles. The van der Waals surface area contributed by atoms with Crippen LogP contribution in [0.4, 0.5) is 0 Å². The first-order valence-electron chi connectivity index (χ1n) is 9.25. The summed E-state index contributed by atoms with van der Waals surface area (Å²) in [6.07, 6.45) is 9.54. The summed E-state index contributed by atoms with van der Waals surface area (Å²) in [5.74, 6) is 0.517. The molecule has 1 atom stereocenters. The number of aromatic hydroxyl groups is 2. The van der Waals surface area contributed by atoms with Crippen molar-refractivity contribution in [2.75, 3.05) is 0 Å². The predicted molar refractivity (Wildman–Crippen MR) is 104 cm³/mol. The number of rotatable bonds is 6. The highest BCUT2D eigenvalue weighted by Crippen LogP contribution is 2.47. The Kier molecular flexibility index (Phi) is 5.79. The summed E-state index contributed by atoms with van der Waals surface area (Å²) in [4.78, 5) is 4.43. The van der Waals surface area contributed by atoms with E-state index < -0.39 is 0 Å². The second-order valence-corrected chi connectivity index (χ2v) is 7.75. The predicted octanol–water partition coefficient (Wildman–Crippen LogP) is 6.17. The quantitative estimate of drug-likeness (QED) is 0.480. The van der Waals surface area contributed by atoms with Crippen molar-refractivity contribution in [2.24, 2.45) is 0 Å². The summed E-state index contributed by atoms with van der Waals surface area (Å²) in [6, 6.07) is 1.86. The van der Waals surface area contributed by atoms with Gasteiger partial charge in [-0.05, 0) is 50.7 Å². The van der Waals surface area contributed by atoms with Gasteiger partial charge in [0.1, 0.15) is 11.5 Å². The van der Waals surface area contributed by atoms with E-state index in [1.165, 1.54) is 16.9 Å². The van der Waals surface area contributed by atoms with Crippen LogP contribution in [0.1, 0.15) is 69.4 Å². The summed E-state index contributed by atoms with van der Waals surface area (Å²) in [6.45, 7) is 4.30. The fraction of sp³-hybridized carbons (Fsp3) is 0.476. The molecule has 2 aromatic rings. The number of thiazole rings is 1. The van der Waals surface area contributed by atoms with E-state index >= 15 is 0 Å². The van der Waals surface area contributed by atoms with Crippen LogP contribution in [0.15, 0.2) is 28.6 Å². The smallest absolute Gasteiger partial charge is 0.132 e. The molecule has 1 aliphatic rings. The summed E-state index contributed by atoms with van der Waals surface area (Å²) in [5, 5.41) is 23.7. The van der Waals surface area contributed by atoms with Gasteiger partial charge in [0.2, 0.25) is 0 Å². The number of unbranched alkanes of at least 4 members (excludes halogenated alkanes) is 2. The molecular weight excluding hydrogens is 330 g/mol. The van der Waals surface area contributed by atoms with Crippen molar-refractivity contribution in [3.63, 3.8) is 0 Å². The maximum absolute atomic E-state index is 11.1. The molecule has 0 fully saturated rings. The molecule has 0 saturated heterocycles. The van der Waals surface area contributed by atoms with Gasteiger partial charge in [-0.1, -0.05) is 31.4 Å². The van der Waals surface area contributed by atoms with Crippen LogP contribution in [-0.2, 0) is 6.42 Å². The van der Waals surface area contributed by atoms with Crippen LogP contribution >= 0.6 is 11.3 Å². The highest BCUT2D eigenvalue weighted by molar-refractivity contribution is 7.07. The number of phenolic OH excluding ortho intramolecular Hbond substituents is 2. The molecule has 1 aromatic carbocycles. The SMILES string of the molecule is CCCCCc1cc(O)c(C2C=C(C)CCC2)c(O)c1-c1cscn1. The third-order valence-corrected chi connectivity index (χ3v) is 5.67. The van der Waals surface area contributed by atoms with Crippen LogP contribution in [0.3, 0.4) is 0 Å². The molecule has 3 rings (SSSR count). The lowest BCUT2D eigenvalue weighted by atomic mass is 9.83. The zero-order valence-electron chi connectivity index (χ0n) is 15.1. The van der Waals surface area contributed by atoms with Gasteiger partial charge in [0, 0.05) is 22.4 Å². The Morgan fingerprint density at radius 3 is 2.80 bits per heavy atom. The number of allylic oxidation sites excluding steroid dienone is 2. The minimum Gasteiger partial charge on any atom is -0.507 e. The topological polar surface area (TPSA) is 53.4 Å². The van der Waals surface area contributed by atoms with Crippen molar-refractivity contribution in [3.05, 3.63) is 39.7 Å². The molecule has 2 N–H and O–H groups in total. The van der Waals surface area contributed by atoms with E-state index in [-0.39, 0.29) is 17.4 Å². The number of benzene rings is 1. The van der Waals surface area contributed by atoms with Crippen LogP contribution in [0, 0.1) is 0 Å². The Bertz CT molecular complexity index is 750. The van der Waals surface area contributed by atoms with E-state index in [9.17, 15) is 10.2 Å². The number of aromatic nitrogens is 1. The summed E-state index contributed by atoms with van der Waals surface area (Å²) >= 11 is 1.53. The molecule has 25 heavy (non-hydrogen) atoms. The lowest BCUT2D eigenvalue weighted by Gasteiger charge is -2.24. The van der Waals surface area contributed by atoms with Crippen molar-refractivity contribution >= 4 is 11.3 Å². The monoisotopic (exact) mass is 357 g/mol. The van der Waals surface area contributed by atoms with Crippen LogP contribution in [0.25, 0.3) is 11.3 Å². The van der Waals surface area contributed by atoms with Gasteiger partial charge in [0.05, 0.1) is 11.2 Å². The fourth-order valence-corrected chi connectivity index (χ4v) is 4.35. The van der Waals surface area contributed by atoms with Gasteiger partial charge >= 0.3 is 0 Å². The highest BCUT2D eigenvalue weighted by atomic mass is 32.1. The molecular formula is C21H27NO2S. The van der Waals surface area contributed by atoms with E-state index in [4.69, 9.17) is 0 Å². The number of hydrogen-bond donors (Lipinski definition) is 2. The first kappa shape index (κ1) is 18.0. The third-order valence-electron chi connectivity index (χ3n) is 5.08. The van der Waals surface area contributed by atoms with Crippen molar-refractivity contribution in [1.29, 1.82) is 0 Å². The molecule has 0 aliphatic heterocycles. The van der Waals surface area contributed by atoms with Gasteiger partial charge in [0.15, 0.2) is 0 Å². The first-order valence-corrected chi connectivity index (χ1v) is 10.2. The van der Waals surface area contributed by atoms with Gasteiger partial charge in [-0.2, -0.15) is 0 Å². The Morgan fingerprint density at radius 2 is 2.12 bits per heavy atom. The second kappa shape index (κ2) is 8.05. The number of aryl methyl sites for hydroxylation is 1. The molecule has 3 nitrogen and oxygen atoms in total. The summed E-state index contributed by atoms with van der Waals surface area (Å²) in [5.41, 5.74) is 6.41. The van der Waals surface area contributed by atoms with Crippen LogP contribution in [0.5, 0.6) is 11.5 Å². The molecule has 0 amide bonds. The van der Waals surface area contributed by atoms with Gasteiger partial charge < -0.3 is 10.2 Å². The first-order chi connectivity index (χ1) is 12.1. The molecule has 0 saturated carbocycles. The van der Waals surface area contributed by atoms with Gasteiger partial charge in [0.25, 0.3) is 0 Å². The minimum atomic E-state index is 0.0795. The normalized spacial score (nSPS) is 17.5. The van der Waals surface area contributed by atoms with Crippen molar-refractivity contribution in [3.8, 4) is 22.8 Å². The van der Waals surface area contributed by atoms with Gasteiger partial charge in [-0.15, -0.1) is 11.3 Å². The van der Waals surface area contributed by atoms with Crippen molar-refractivity contribution < 1.29 is 10.2 Å². The van der Waals surface area contributed by atoms with E-state index in [2.05, 4.69) is 24.9 Å². The zero-order valence-corrected chi connectivity index (χ0v) is 15.9. The molecule has 134 valence electrons. The molecule has 0 bridgehead atoms. The Labute approximate surface area is 154 Å². The average molecular weight is 358 g/mol. The van der Waals surface area contributed by atoms with E-state index in [1.54, 1.807) is 5.51 Å². The van der Waals surface area contributed by atoms with Gasteiger partial charge in [-0.3, -0.25) is 0 Å². The number of nitrogens with zero attached hydrogens (tertiary/aromatic N) is 1. The Balaban J connectivity index is 2.08. The minimum absolute atomic E-state index is 0.0795. The second-order valence-electron chi connectivity index (χ2n) is 7.03. The lowest BCUT2D eigenvalue weighted by Crippen LogP contribution is -2.05. The fourth-order valence-electron chi connectivity index (χ4n) is 3.81. The standard InChI is InChI=1S/C21H27NO2S/c1-3-4-5-8-16-11-18(23)20(15-9-6-7-14(2)10-15)21(24)19(16)17-12-25-13-22-17/h10-13,15,23-24H,3-9H2,1-2H3. The Morgan fingerprint density at radius 1 is 1.28 bits per heavy atom. The molecule has 1 unspecified atom stereocenters. The van der Waals surface area contributed by atoms with Crippen LogP contribution < -0.4 is 0 Å². The molecule has 1 aromatic heterocycles. The van der Waals surface area contributed by atoms with E-state index in [0.717, 1.165) is 61.8 Å². The molecule has 4 heteroatoms. The van der Waals surface area contributed by atoms with Crippen molar-refractivity contribution in [2.45, 2.75) is 64.7 Å². The molecule has 1 aliphatic carbocycles. The maximum Gasteiger partial charge on any atom is 0.132 e. The van der Waals surface area contributed by atoms with E-state index in [1.807, 2.05) is 11.4 Å². The third kappa shape index (κ3) is 3.90. The zero-order chi connectivity index (χ0) is 17.8. The summed E-state index contributed by atoms with van der Waals surface area (Å²) < 4.78 is 0. The molecule has 0 spiro atoms. The highest BCUT2D eigenvalue weighted by Gasteiger charge is 2.25. The van der Waals surface area contributed by atoms with Gasteiger partial charge in [-0.25, -0.2) is 4.98 Å². The number of hydrogen-bond acceptors (Lipinski definition) is 4. The molecule has 0 radical (unpaired) electrons. The average Bonchev–Trinajstić information content (AvgIpc) is 3.09. The largest absolute Gasteiger partial charge is 0.507 e. The Hall–Kier alpha value is -1.81. The summed E-state index contributed by atoms with van der Waals surface area (Å²) in [7, 11) is 0.